The van der Waals surface area contributed by atoms with Gasteiger partial charge in [-0.15, -0.1) is 0 Å². The average Bonchev–Trinajstić information content (AvgIpc) is 3.41. The molecule has 0 saturated heterocycles. The number of aromatic nitrogens is 6. The zero-order valence-electron chi connectivity index (χ0n) is 17.4. The van der Waals surface area contributed by atoms with E-state index < -0.39 is 29.4 Å². The predicted octanol–water partition coefficient (Wildman–Crippen LogP) is 4.64. The van der Waals surface area contributed by atoms with Crippen LogP contribution in [0.5, 0.6) is 0 Å². The van der Waals surface area contributed by atoms with Crippen molar-refractivity contribution in [2.75, 3.05) is 10.6 Å². The molecular formula is C20H18F6N8. The molecule has 2 unspecified atom stereocenters. The third-order valence-corrected chi connectivity index (χ3v) is 5.69. The van der Waals surface area contributed by atoms with Crippen molar-refractivity contribution < 1.29 is 26.3 Å². The van der Waals surface area contributed by atoms with Gasteiger partial charge < -0.3 is 10.6 Å². The topological polar surface area (TPSA) is 84.4 Å². The Balaban J connectivity index is 1.41. The number of halogens is 6. The molecule has 1 aliphatic rings. The Hall–Kier alpha value is -3.58. The summed E-state index contributed by atoms with van der Waals surface area (Å²) >= 11 is 0. The minimum absolute atomic E-state index is 0.0606. The van der Waals surface area contributed by atoms with E-state index in [0.717, 1.165) is 17.4 Å². The summed E-state index contributed by atoms with van der Waals surface area (Å²) in [5, 5.41) is 9.74. The van der Waals surface area contributed by atoms with Crippen LogP contribution in [0.4, 0.5) is 38.1 Å². The van der Waals surface area contributed by atoms with Crippen molar-refractivity contribution in [2.45, 2.75) is 50.1 Å². The Kier molecular flexibility index (Phi) is 5.24. The second-order valence-electron chi connectivity index (χ2n) is 8.09. The first-order valence-corrected chi connectivity index (χ1v) is 10.4. The number of hydrogen-bond donors (Lipinski definition) is 2. The van der Waals surface area contributed by atoms with Crippen molar-refractivity contribution in [1.82, 2.24) is 29.0 Å². The summed E-state index contributed by atoms with van der Waals surface area (Å²) in [5.74, 6) is 0.376. The summed E-state index contributed by atoms with van der Waals surface area (Å²) in [7, 11) is 0. The zero-order valence-corrected chi connectivity index (χ0v) is 17.4. The summed E-state index contributed by atoms with van der Waals surface area (Å²) in [6.07, 6.45) is -1.95. The molecule has 0 radical (unpaired) electrons. The highest BCUT2D eigenvalue weighted by Gasteiger charge is 2.37. The molecule has 0 spiro atoms. The maximum absolute atomic E-state index is 13.4. The second-order valence-corrected chi connectivity index (χ2v) is 8.09. The molecule has 4 aromatic rings. The van der Waals surface area contributed by atoms with Crippen LogP contribution < -0.4 is 10.6 Å². The number of alkyl halides is 6. The molecule has 0 amide bonds. The molecule has 5 rings (SSSR count). The van der Waals surface area contributed by atoms with Crippen LogP contribution in [0, 0.1) is 0 Å². The highest BCUT2D eigenvalue weighted by atomic mass is 19.4. The Morgan fingerprint density at radius 2 is 1.59 bits per heavy atom. The van der Waals surface area contributed by atoms with Gasteiger partial charge in [0.15, 0.2) is 17.0 Å². The van der Waals surface area contributed by atoms with Crippen LogP contribution in [-0.4, -0.2) is 41.1 Å². The lowest BCUT2D eigenvalue weighted by Crippen LogP contribution is -2.35. The molecule has 4 aromatic heterocycles. The minimum atomic E-state index is -4.83. The second kappa shape index (κ2) is 8.02. The Bertz CT molecular complexity index is 1320. The summed E-state index contributed by atoms with van der Waals surface area (Å²) < 4.78 is 82.0. The molecule has 0 aromatic carbocycles. The summed E-state index contributed by atoms with van der Waals surface area (Å²) in [6, 6.07) is 2.57. The van der Waals surface area contributed by atoms with E-state index in [2.05, 4.69) is 30.7 Å². The van der Waals surface area contributed by atoms with Crippen molar-refractivity contribution in [1.29, 1.82) is 0 Å². The quantitative estimate of drug-likeness (QED) is 0.411. The summed E-state index contributed by atoms with van der Waals surface area (Å²) in [5.41, 5.74) is -2.44. The molecule has 4 heterocycles. The van der Waals surface area contributed by atoms with Crippen LogP contribution in [0.2, 0.25) is 0 Å². The Morgan fingerprint density at radius 1 is 0.853 bits per heavy atom. The molecule has 0 bridgehead atoms. The van der Waals surface area contributed by atoms with Crippen molar-refractivity contribution in [2.24, 2.45) is 0 Å². The number of imidazole rings is 1. The van der Waals surface area contributed by atoms with Gasteiger partial charge in [0.2, 0.25) is 5.95 Å². The minimum Gasteiger partial charge on any atom is -0.367 e. The van der Waals surface area contributed by atoms with Crippen LogP contribution >= 0.6 is 0 Å². The van der Waals surface area contributed by atoms with E-state index in [1.807, 2.05) is 0 Å². The fraction of sp³-hybridized carbons (Fsp3) is 0.400. The van der Waals surface area contributed by atoms with E-state index in [4.69, 9.17) is 0 Å². The molecule has 1 saturated carbocycles. The zero-order chi connectivity index (χ0) is 24.1. The van der Waals surface area contributed by atoms with Crippen LogP contribution in [0.15, 0.2) is 36.8 Å². The fourth-order valence-corrected chi connectivity index (χ4v) is 4.17. The van der Waals surface area contributed by atoms with Crippen molar-refractivity contribution >= 4 is 23.1 Å². The van der Waals surface area contributed by atoms with E-state index >= 15 is 0 Å². The summed E-state index contributed by atoms with van der Waals surface area (Å²) in [6.45, 7) is 0. The molecule has 2 atom stereocenters. The Morgan fingerprint density at radius 3 is 2.32 bits per heavy atom. The van der Waals surface area contributed by atoms with Gasteiger partial charge in [-0.1, -0.05) is 0 Å². The number of anilines is 2. The third kappa shape index (κ3) is 4.31. The van der Waals surface area contributed by atoms with Gasteiger partial charge in [-0.2, -0.15) is 36.0 Å². The molecule has 0 aliphatic heterocycles. The largest absolute Gasteiger partial charge is 0.435 e. The number of nitrogens with one attached hydrogen (secondary N) is 2. The van der Waals surface area contributed by atoms with Crippen LogP contribution in [0.1, 0.15) is 37.1 Å². The van der Waals surface area contributed by atoms with Gasteiger partial charge in [0.1, 0.15) is 11.5 Å². The maximum atomic E-state index is 13.4. The number of rotatable bonds is 4. The molecule has 1 aliphatic carbocycles. The molecule has 2 N–H and O–H groups in total. The first-order valence-electron chi connectivity index (χ1n) is 10.4. The maximum Gasteiger partial charge on any atom is 0.435 e. The van der Waals surface area contributed by atoms with Gasteiger partial charge in [-0.3, -0.25) is 4.40 Å². The first-order chi connectivity index (χ1) is 16.1. The molecule has 8 nitrogen and oxygen atoms in total. The van der Waals surface area contributed by atoms with E-state index in [1.54, 1.807) is 29.1 Å². The number of fused-ring (bicyclic) bond motifs is 2. The van der Waals surface area contributed by atoms with Crippen LogP contribution in [0.3, 0.4) is 0 Å². The van der Waals surface area contributed by atoms with Gasteiger partial charge in [-0.05, 0) is 31.7 Å². The van der Waals surface area contributed by atoms with Crippen molar-refractivity contribution in [3.8, 4) is 0 Å². The highest BCUT2D eigenvalue weighted by Crippen LogP contribution is 2.34. The first kappa shape index (κ1) is 22.2. The lowest BCUT2D eigenvalue weighted by molar-refractivity contribution is -0.142. The van der Waals surface area contributed by atoms with E-state index in [9.17, 15) is 26.3 Å². The van der Waals surface area contributed by atoms with Gasteiger partial charge in [-0.25, -0.2) is 15.0 Å². The van der Waals surface area contributed by atoms with Gasteiger partial charge in [0, 0.05) is 42.8 Å². The number of nitrogens with zero attached hydrogens (tertiary/aromatic N) is 6. The van der Waals surface area contributed by atoms with E-state index in [-0.39, 0.29) is 17.9 Å². The SMILES string of the molecule is FC(F)(F)c1cc(NC2CCCC(Nc3nccc4nccn34)C2)n2nc(C(F)(F)F)cc2n1. The third-order valence-electron chi connectivity index (χ3n) is 5.69. The standard InChI is InChI=1S/C20H18F6N8/c21-19(22,23)13-9-16(34-17(31-13)10-14(32-34)20(24,25)26)29-11-2-1-3-12(8-11)30-18-28-5-4-15-27-6-7-33(15)18/h4-7,9-12,29H,1-3,8H2,(H,28,30). The van der Waals surface area contributed by atoms with Gasteiger partial charge in [0.05, 0.1) is 0 Å². The monoisotopic (exact) mass is 484 g/mol. The fourth-order valence-electron chi connectivity index (χ4n) is 4.17. The lowest BCUT2D eigenvalue weighted by atomic mass is 9.91. The molecule has 1 fully saturated rings. The van der Waals surface area contributed by atoms with Crippen LogP contribution in [0.25, 0.3) is 11.3 Å². The number of hydrogen-bond acceptors (Lipinski definition) is 6. The molecular weight excluding hydrogens is 466 g/mol. The van der Waals surface area contributed by atoms with Gasteiger partial charge in [0.25, 0.3) is 0 Å². The highest BCUT2D eigenvalue weighted by molar-refractivity contribution is 5.52. The van der Waals surface area contributed by atoms with E-state index in [1.165, 1.54) is 0 Å². The molecule has 34 heavy (non-hydrogen) atoms. The van der Waals surface area contributed by atoms with Gasteiger partial charge >= 0.3 is 12.4 Å². The van der Waals surface area contributed by atoms with Crippen molar-refractivity contribution in [3.05, 3.63) is 48.2 Å². The molecule has 180 valence electrons. The smallest absolute Gasteiger partial charge is 0.367 e. The molecule has 14 heteroatoms. The Labute approximate surface area is 188 Å². The lowest BCUT2D eigenvalue weighted by Gasteiger charge is -2.31. The average molecular weight is 484 g/mol. The van der Waals surface area contributed by atoms with Crippen molar-refractivity contribution in [3.63, 3.8) is 0 Å². The van der Waals surface area contributed by atoms with Crippen LogP contribution in [-0.2, 0) is 12.4 Å². The predicted molar refractivity (Wildman–Crippen MR) is 109 cm³/mol. The van der Waals surface area contributed by atoms with E-state index in [0.29, 0.717) is 36.6 Å². The summed E-state index contributed by atoms with van der Waals surface area (Å²) in [4.78, 5) is 11.9. The normalized spacial score (nSPS) is 19.6.